The van der Waals surface area contributed by atoms with Crippen LogP contribution in [0.25, 0.3) is 0 Å². The number of benzene rings is 1. The number of carbonyl (C=O) groups excluding carboxylic acids is 10. The van der Waals surface area contributed by atoms with E-state index in [1.165, 1.54) is 29.2 Å². The summed E-state index contributed by atoms with van der Waals surface area (Å²) >= 11 is 0. The van der Waals surface area contributed by atoms with E-state index < -0.39 is 145 Å². The first-order valence-electron chi connectivity index (χ1n) is 22.5. The van der Waals surface area contributed by atoms with Gasteiger partial charge in [-0.25, -0.2) is 0 Å². The Balaban J connectivity index is 2.05. The van der Waals surface area contributed by atoms with Gasteiger partial charge in [-0.2, -0.15) is 0 Å². The molecule has 69 heavy (non-hydrogen) atoms. The standard InChI is InChI=1S/C43H65N11O13S2/c1-5-22(4)35-42(66)48-26(12-13-34(58)59)38(62)50-29(17-32(45)56)39(63)52-30(20-69-68-19-25(44)36(60)49-28(40(64)53-35)16-23-8-10-24(55)11-9-23)43(67)54-14-6-7-31(54)41(65)51-27(15-21(2)3)37(61)47-18-33(46)57/h8-11,21-22,25-31,35,55H,5-7,12-20,44H2,1-4H3,(H2,45,56)(H2,46,57)(H,47,61)(H,48,66)(H,49,60)(H,50,62)(H,51,65)(H,52,63)(H,53,64)(H,58,59)/t22-,25-,26-,27-,28-,29-,30-,31-,35-/m0/s1. The predicted molar refractivity (Wildman–Crippen MR) is 253 cm³/mol. The molecule has 3 rings (SSSR count). The molecule has 0 spiro atoms. The highest BCUT2D eigenvalue weighted by Gasteiger charge is 2.41. The number of nitrogens with one attached hydrogen (secondary N) is 7. The molecule has 2 fully saturated rings. The summed E-state index contributed by atoms with van der Waals surface area (Å²) in [6.45, 7) is 6.54. The number of likely N-dealkylation sites (tertiary alicyclic amines) is 1. The second-order valence-electron chi connectivity index (χ2n) is 17.3. The second kappa shape index (κ2) is 27.7. The maximum atomic E-state index is 14.5. The number of phenolic OH excluding ortho intramolecular Hbond substituents is 1. The average Bonchev–Trinajstić information content (AvgIpc) is 3.78. The van der Waals surface area contributed by atoms with Crippen LogP contribution >= 0.6 is 21.6 Å². The summed E-state index contributed by atoms with van der Waals surface area (Å²) in [7, 11) is 2.02. The number of primary amides is 2. The van der Waals surface area contributed by atoms with Crippen molar-refractivity contribution < 1.29 is 63.0 Å². The van der Waals surface area contributed by atoms with Gasteiger partial charge in [0, 0.05) is 30.9 Å². The maximum Gasteiger partial charge on any atom is 0.303 e. The highest BCUT2D eigenvalue weighted by atomic mass is 33.1. The zero-order valence-electron chi connectivity index (χ0n) is 38.9. The van der Waals surface area contributed by atoms with Crippen molar-refractivity contribution in [3.8, 4) is 5.75 Å². The molecule has 2 heterocycles. The molecule has 24 nitrogen and oxygen atoms in total. The minimum atomic E-state index is -1.78. The first-order chi connectivity index (χ1) is 32.5. The lowest BCUT2D eigenvalue weighted by Crippen LogP contribution is -2.61. The molecule has 15 N–H and O–H groups in total. The van der Waals surface area contributed by atoms with Gasteiger partial charge in [0.05, 0.1) is 19.0 Å². The van der Waals surface area contributed by atoms with Crippen LogP contribution in [0.1, 0.15) is 78.2 Å². The van der Waals surface area contributed by atoms with Gasteiger partial charge in [-0.1, -0.05) is 67.8 Å². The summed E-state index contributed by atoms with van der Waals surface area (Å²) in [6, 6.07) is -5.29. The number of nitrogens with zero attached hydrogens (tertiary/aromatic N) is 1. The number of carboxylic acid groups (broad SMARTS) is 1. The van der Waals surface area contributed by atoms with Gasteiger partial charge in [-0.15, -0.1) is 0 Å². The lowest BCUT2D eigenvalue weighted by Gasteiger charge is -2.31. The average molecular weight is 1010 g/mol. The van der Waals surface area contributed by atoms with Crippen LogP contribution < -0.4 is 54.4 Å². The number of aliphatic carboxylic acids is 1. The predicted octanol–water partition coefficient (Wildman–Crippen LogP) is -3.01. The smallest absolute Gasteiger partial charge is 0.303 e. The number of rotatable bonds is 17. The van der Waals surface area contributed by atoms with Crippen LogP contribution in [0, 0.1) is 11.8 Å². The first-order valence-corrected chi connectivity index (χ1v) is 25.0. The number of carboxylic acids is 1. The molecule has 2 aliphatic rings. The van der Waals surface area contributed by atoms with Crippen LogP contribution in [0.3, 0.4) is 0 Å². The Morgan fingerprint density at radius 3 is 2.03 bits per heavy atom. The molecule has 0 aromatic heterocycles. The van der Waals surface area contributed by atoms with Crippen LogP contribution in [0.2, 0.25) is 0 Å². The highest BCUT2D eigenvalue weighted by Crippen LogP contribution is 2.26. The van der Waals surface area contributed by atoms with Crippen LogP contribution in [0.5, 0.6) is 5.75 Å². The summed E-state index contributed by atoms with van der Waals surface area (Å²) in [4.78, 5) is 148. The Morgan fingerprint density at radius 2 is 1.42 bits per heavy atom. The minimum absolute atomic E-state index is 0.0395. The van der Waals surface area contributed by atoms with Crippen LogP contribution in [0.15, 0.2) is 24.3 Å². The van der Waals surface area contributed by atoms with Gasteiger partial charge in [-0.3, -0.25) is 52.7 Å². The van der Waals surface area contributed by atoms with Gasteiger partial charge < -0.3 is 69.5 Å². The third-order valence-electron chi connectivity index (χ3n) is 11.3. The zero-order valence-corrected chi connectivity index (χ0v) is 40.6. The molecule has 0 bridgehead atoms. The van der Waals surface area contributed by atoms with Gasteiger partial charge >= 0.3 is 5.97 Å². The molecule has 0 aliphatic carbocycles. The molecule has 0 unspecified atom stereocenters. The largest absolute Gasteiger partial charge is 0.508 e. The van der Waals surface area contributed by atoms with E-state index in [0.717, 1.165) is 21.6 Å². The summed E-state index contributed by atoms with van der Waals surface area (Å²) < 4.78 is 0. The number of carbonyl (C=O) groups is 11. The molecule has 9 atom stereocenters. The number of hydrogen-bond acceptors (Lipinski definition) is 15. The number of amides is 10. The lowest BCUT2D eigenvalue weighted by molar-refractivity contribution is -0.142. The van der Waals surface area contributed by atoms with E-state index in [-0.39, 0.29) is 49.0 Å². The van der Waals surface area contributed by atoms with Crippen molar-refractivity contribution >= 4 is 86.6 Å². The van der Waals surface area contributed by atoms with Gasteiger partial charge in [0.15, 0.2) is 0 Å². The zero-order chi connectivity index (χ0) is 51.5. The van der Waals surface area contributed by atoms with Crippen molar-refractivity contribution in [2.45, 2.75) is 127 Å². The topological polar surface area (TPSA) is 394 Å². The third kappa shape index (κ3) is 18.7. The van der Waals surface area contributed by atoms with Gasteiger partial charge in [-0.05, 0) is 55.2 Å². The monoisotopic (exact) mass is 1010 g/mol. The number of aromatic hydroxyl groups is 1. The van der Waals surface area contributed by atoms with Crippen molar-refractivity contribution in [2.24, 2.45) is 29.0 Å². The Bertz CT molecular complexity index is 2050. The molecule has 2 aliphatic heterocycles. The Morgan fingerprint density at radius 1 is 0.812 bits per heavy atom. The van der Waals surface area contributed by atoms with Crippen LogP contribution in [-0.4, -0.2) is 153 Å². The highest BCUT2D eigenvalue weighted by molar-refractivity contribution is 8.76. The normalized spacial score (nSPS) is 24.3. The molecule has 26 heteroatoms. The molecular weight excluding hydrogens is 943 g/mol. The molecule has 0 radical (unpaired) electrons. The molecule has 1 aromatic rings. The van der Waals surface area contributed by atoms with Crippen molar-refractivity contribution in [3.63, 3.8) is 0 Å². The maximum absolute atomic E-state index is 14.5. The SMILES string of the molecule is CC[C@H](C)[C@@H]1NC(=O)[C@H](Cc2ccc(O)cc2)NC(=O)[C@@H](N)CSSC[C@@H](C(=O)N2CCC[C@H]2C(=O)N[C@@H](CC(C)C)C(=O)NCC(N)=O)NC(=O)[C@H](CC(N)=O)NC(=O)[C@H](CCC(=O)O)NC1=O. The summed E-state index contributed by atoms with van der Waals surface area (Å²) in [6.07, 6.45) is -1.12. The lowest BCUT2D eigenvalue weighted by atomic mass is 9.96. The van der Waals surface area contributed by atoms with Crippen molar-refractivity contribution in [1.29, 1.82) is 0 Å². The van der Waals surface area contributed by atoms with E-state index in [0.29, 0.717) is 18.4 Å². The molecule has 1 aromatic carbocycles. The Labute approximate surface area is 407 Å². The number of phenols is 1. The molecule has 0 saturated carbocycles. The minimum Gasteiger partial charge on any atom is -0.508 e. The fourth-order valence-electron chi connectivity index (χ4n) is 7.32. The molecule has 10 amide bonds. The number of hydrogen-bond donors (Lipinski definition) is 12. The molecule has 2 saturated heterocycles. The fraction of sp³-hybridized carbons (Fsp3) is 0.605. The van der Waals surface area contributed by atoms with Gasteiger partial charge in [0.2, 0.25) is 59.1 Å². The summed E-state index contributed by atoms with van der Waals surface area (Å²) in [5, 5.41) is 37.1. The summed E-state index contributed by atoms with van der Waals surface area (Å²) in [5.74, 6) is -11.2. The van der Waals surface area contributed by atoms with Crippen LogP contribution in [0.4, 0.5) is 0 Å². The number of nitrogens with two attached hydrogens (primary N) is 3. The van der Waals surface area contributed by atoms with Crippen molar-refractivity contribution in [2.75, 3.05) is 24.6 Å². The van der Waals surface area contributed by atoms with E-state index in [4.69, 9.17) is 17.2 Å². The third-order valence-corrected chi connectivity index (χ3v) is 13.7. The molecule has 382 valence electrons. The molecular formula is C43H65N11O13S2. The Hall–Kier alpha value is -6.15. The van der Waals surface area contributed by atoms with E-state index in [1.807, 2.05) is 13.8 Å². The van der Waals surface area contributed by atoms with E-state index in [1.54, 1.807) is 13.8 Å². The van der Waals surface area contributed by atoms with E-state index in [2.05, 4.69) is 37.2 Å². The Kier molecular flexibility index (Phi) is 23.0. The van der Waals surface area contributed by atoms with Crippen molar-refractivity contribution in [1.82, 2.24) is 42.1 Å². The second-order valence-corrected chi connectivity index (χ2v) is 19.9. The van der Waals surface area contributed by atoms with Crippen molar-refractivity contribution in [3.05, 3.63) is 29.8 Å². The van der Waals surface area contributed by atoms with Gasteiger partial charge in [0.1, 0.15) is 48.0 Å². The summed E-state index contributed by atoms with van der Waals surface area (Å²) in [5.41, 5.74) is 17.5. The van der Waals surface area contributed by atoms with E-state index >= 15 is 0 Å². The first kappa shape index (κ1) is 57.2. The fourth-order valence-corrected chi connectivity index (χ4v) is 9.60. The van der Waals surface area contributed by atoms with E-state index in [9.17, 15) is 63.0 Å². The van der Waals surface area contributed by atoms with Gasteiger partial charge in [0.25, 0.3) is 0 Å². The van der Waals surface area contributed by atoms with Crippen LogP contribution in [-0.2, 0) is 59.2 Å². The quantitative estimate of drug-likeness (QED) is 0.0692.